The fourth-order valence-corrected chi connectivity index (χ4v) is 4.62. The van der Waals surface area contributed by atoms with Gasteiger partial charge in [-0.15, -0.1) is 0 Å². The number of aryl methyl sites for hydroxylation is 1. The number of nitrogens with one attached hydrogen (secondary N) is 1. The summed E-state index contributed by atoms with van der Waals surface area (Å²) in [6.07, 6.45) is 0.936. The second-order valence-electron chi connectivity index (χ2n) is 10.0. The molecular weight excluding hydrogens is 522 g/mol. The van der Waals surface area contributed by atoms with Crippen LogP contribution in [-0.4, -0.2) is 65.4 Å². The van der Waals surface area contributed by atoms with Gasteiger partial charge in [0.25, 0.3) is 0 Å². The van der Waals surface area contributed by atoms with Crippen LogP contribution in [-0.2, 0) is 43.5 Å². The van der Waals surface area contributed by atoms with Gasteiger partial charge in [-0.05, 0) is 36.5 Å². The molecule has 0 bridgehead atoms. The lowest BCUT2D eigenvalue weighted by Crippen LogP contribution is -2.55. The summed E-state index contributed by atoms with van der Waals surface area (Å²) in [6.45, 7) is 1.71. The molecule has 1 aliphatic rings. The molecule has 0 aliphatic carbocycles. The van der Waals surface area contributed by atoms with E-state index < -0.39 is 42.0 Å². The van der Waals surface area contributed by atoms with E-state index in [9.17, 15) is 19.2 Å². The van der Waals surface area contributed by atoms with E-state index in [4.69, 9.17) is 9.47 Å². The van der Waals surface area contributed by atoms with Gasteiger partial charge in [-0.3, -0.25) is 14.9 Å². The van der Waals surface area contributed by atoms with Crippen molar-refractivity contribution in [2.24, 2.45) is 0 Å². The predicted molar refractivity (Wildman–Crippen MR) is 152 cm³/mol. The molecular formula is C32H35N3O6. The lowest BCUT2D eigenvalue weighted by atomic mass is 10.0. The maximum absolute atomic E-state index is 13.6. The van der Waals surface area contributed by atoms with E-state index in [-0.39, 0.29) is 19.8 Å². The number of esters is 2. The first kappa shape index (κ1) is 29.5. The van der Waals surface area contributed by atoms with Crippen LogP contribution in [0.25, 0.3) is 0 Å². The highest BCUT2D eigenvalue weighted by Gasteiger charge is 2.46. The summed E-state index contributed by atoms with van der Waals surface area (Å²) in [5.74, 6) is -1.80. The van der Waals surface area contributed by atoms with Crippen LogP contribution in [0.2, 0.25) is 0 Å². The van der Waals surface area contributed by atoms with Crippen molar-refractivity contribution in [1.29, 1.82) is 0 Å². The summed E-state index contributed by atoms with van der Waals surface area (Å²) >= 11 is 0. The quantitative estimate of drug-likeness (QED) is 0.339. The van der Waals surface area contributed by atoms with E-state index in [1.54, 1.807) is 6.92 Å². The Hall–Kier alpha value is -4.50. The Morgan fingerprint density at radius 3 is 1.90 bits per heavy atom. The second-order valence-corrected chi connectivity index (χ2v) is 10.0. The molecule has 1 aliphatic heterocycles. The highest BCUT2D eigenvalue weighted by Crippen LogP contribution is 2.19. The number of rotatable bonds is 12. The molecule has 1 heterocycles. The van der Waals surface area contributed by atoms with Crippen molar-refractivity contribution >= 4 is 23.9 Å². The minimum Gasteiger partial charge on any atom is -0.460 e. The molecule has 0 radical (unpaired) electrons. The highest BCUT2D eigenvalue weighted by molar-refractivity contribution is 6.03. The first-order chi connectivity index (χ1) is 19.8. The van der Waals surface area contributed by atoms with Crippen molar-refractivity contribution in [3.8, 4) is 0 Å². The first-order valence-electron chi connectivity index (χ1n) is 13.6. The standard InChI is InChI=1S/C32H35N3O6/c1-23(29(36)35-28(20-34(2)32(35)39)31(38)41-22-26-16-10-5-11-17-26)33-27(19-18-24-12-6-3-7-13-24)30(37)40-21-25-14-8-4-9-15-25/h3-17,23,27-28,33H,18-22H2,1-2H3/t23-,27-,28-/m0/s1. The van der Waals surface area contributed by atoms with E-state index >= 15 is 0 Å². The van der Waals surface area contributed by atoms with Crippen LogP contribution in [0.1, 0.15) is 30.0 Å². The van der Waals surface area contributed by atoms with Crippen molar-refractivity contribution in [3.05, 3.63) is 108 Å². The number of hydrogen-bond acceptors (Lipinski definition) is 7. The first-order valence-corrected chi connectivity index (χ1v) is 13.6. The second kappa shape index (κ2) is 14.2. The number of ether oxygens (including phenoxy) is 2. The Kier molecular flexibility index (Phi) is 10.2. The Morgan fingerprint density at radius 2 is 1.34 bits per heavy atom. The average Bonchev–Trinajstić information content (AvgIpc) is 3.31. The molecule has 9 nitrogen and oxygen atoms in total. The van der Waals surface area contributed by atoms with Crippen molar-refractivity contribution in [2.45, 2.75) is 51.1 Å². The summed E-state index contributed by atoms with van der Waals surface area (Å²) in [5, 5.41) is 3.06. The zero-order chi connectivity index (χ0) is 29.2. The summed E-state index contributed by atoms with van der Waals surface area (Å²) in [4.78, 5) is 54.9. The fraction of sp³-hybridized carbons (Fsp3) is 0.312. The van der Waals surface area contributed by atoms with E-state index in [1.165, 1.54) is 11.9 Å². The average molecular weight is 558 g/mol. The van der Waals surface area contributed by atoms with Crippen LogP contribution < -0.4 is 5.32 Å². The van der Waals surface area contributed by atoms with E-state index in [1.807, 2.05) is 91.0 Å². The van der Waals surface area contributed by atoms with Crippen molar-refractivity contribution in [3.63, 3.8) is 0 Å². The molecule has 4 rings (SSSR count). The molecule has 0 saturated carbocycles. The molecule has 1 fully saturated rings. The Balaban J connectivity index is 1.43. The molecule has 9 heteroatoms. The van der Waals surface area contributed by atoms with Crippen molar-refractivity contribution in [1.82, 2.24) is 15.1 Å². The van der Waals surface area contributed by atoms with Gasteiger partial charge in [0.2, 0.25) is 5.91 Å². The predicted octanol–water partition coefficient (Wildman–Crippen LogP) is 3.72. The van der Waals surface area contributed by atoms with Gasteiger partial charge in [0.1, 0.15) is 19.3 Å². The van der Waals surface area contributed by atoms with Gasteiger partial charge < -0.3 is 14.4 Å². The molecule has 0 aromatic heterocycles. The Morgan fingerprint density at radius 1 is 0.829 bits per heavy atom. The number of benzene rings is 3. The molecule has 3 aromatic rings. The van der Waals surface area contributed by atoms with Crippen molar-refractivity contribution < 1.29 is 28.7 Å². The number of amides is 3. The normalized spacial score (nSPS) is 16.2. The molecule has 0 spiro atoms. The molecule has 41 heavy (non-hydrogen) atoms. The summed E-state index contributed by atoms with van der Waals surface area (Å²) in [7, 11) is 1.52. The minimum absolute atomic E-state index is 0.0153. The maximum atomic E-state index is 13.6. The van der Waals surface area contributed by atoms with Gasteiger partial charge in [-0.25, -0.2) is 14.5 Å². The van der Waals surface area contributed by atoms with Gasteiger partial charge in [0.05, 0.1) is 12.6 Å². The van der Waals surface area contributed by atoms with Crippen molar-refractivity contribution in [2.75, 3.05) is 13.6 Å². The molecule has 3 amide bonds. The van der Waals surface area contributed by atoms with Crippen LogP contribution in [0.4, 0.5) is 4.79 Å². The number of hydrogen-bond donors (Lipinski definition) is 1. The summed E-state index contributed by atoms with van der Waals surface area (Å²) in [6, 6.07) is 24.7. The van der Waals surface area contributed by atoms with E-state index in [0.717, 1.165) is 21.6 Å². The van der Waals surface area contributed by atoms with Crippen LogP contribution in [0.3, 0.4) is 0 Å². The molecule has 0 unspecified atom stereocenters. The molecule has 1 N–H and O–H groups in total. The zero-order valence-electron chi connectivity index (χ0n) is 23.3. The fourth-order valence-electron chi connectivity index (χ4n) is 4.62. The summed E-state index contributed by atoms with van der Waals surface area (Å²) < 4.78 is 11.0. The number of likely N-dealkylation sites (N-methyl/N-ethyl adjacent to an activating group) is 1. The number of nitrogens with zero attached hydrogens (tertiary/aromatic N) is 2. The lowest BCUT2D eigenvalue weighted by molar-refractivity contribution is -0.153. The molecule has 1 saturated heterocycles. The van der Waals surface area contributed by atoms with Crippen LogP contribution in [0.15, 0.2) is 91.0 Å². The van der Waals surface area contributed by atoms with Crippen LogP contribution in [0, 0.1) is 0 Å². The smallest absolute Gasteiger partial charge is 0.331 e. The van der Waals surface area contributed by atoms with Gasteiger partial charge >= 0.3 is 18.0 Å². The largest absolute Gasteiger partial charge is 0.460 e. The van der Waals surface area contributed by atoms with Crippen LogP contribution >= 0.6 is 0 Å². The SMILES string of the molecule is C[C@H](N[C@@H](CCc1ccccc1)C(=O)OCc1ccccc1)C(=O)N1C(=O)N(C)C[C@H]1C(=O)OCc1ccccc1. The third kappa shape index (κ3) is 8.02. The number of imide groups is 1. The minimum atomic E-state index is -1.10. The lowest BCUT2D eigenvalue weighted by Gasteiger charge is -2.26. The van der Waals surface area contributed by atoms with Gasteiger partial charge in [-0.2, -0.15) is 0 Å². The van der Waals surface area contributed by atoms with Gasteiger partial charge in [-0.1, -0.05) is 91.0 Å². The number of urea groups is 1. The number of carbonyl (C=O) groups is 4. The Bertz CT molecular complexity index is 1320. The van der Waals surface area contributed by atoms with E-state index in [0.29, 0.717) is 12.8 Å². The van der Waals surface area contributed by atoms with Gasteiger partial charge in [0.15, 0.2) is 6.04 Å². The van der Waals surface area contributed by atoms with Crippen LogP contribution in [0.5, 0.6) is 0 Å². The zero-order valence-corrected chi connectivity index (χ0v) is 23.3. The highest BCUT2D eigenvalue weighted by atomic mass is 16.5. The molecule has 214 valence electrons. The monoisotopic (exact) mass is 557 g/mol. The third-order valence-corrected chi connectivity index (χ3v) is 6.92. The third-order valence-electron chi connectivity index (χ3n) is 6.92. The number of carbonyl (C=O) groups excluding carboxylic acids is 4. The maximum Gasteiger partial charge on any atom is 0.331 e. The summed E-state index contributed by atoms with van der Waals surface area (Å²) in [5.41, 5.74) is 2.67. The molecule has 3 aromatic carbocycles. The van der Waals surface area contributed by atoms with Gasteiger partial charge in [0, 0.05) is 7.05 Å². The van der Waals surface area contributed by atoms with E-state index in [2.05, 4.69) is 5.32 Å². The topological polar surface area (TPSA) is 105 Å². The molecule has 3 atom stereocenters. The Labute approximate surface area is 240 Å².